The Kier molecular flexibility index (Phi) is 5.79. The van der Waals surface area contributed by atoms with Gasteiger partial charge < -0.3 is 10.1 Å². The molecule has 0 saturated carbocycles. The molecule has 0 spiro atoms. The van der Waals surface area contributed by atoms with Crippen LogP contribution in [0.2, 0.25) is 0 Å². The number of amides is 1. The van der Waals surface area contributed by atoms with Crippen molar-refractivity contribution in [1.29, 1.82) is 0 Å². The number of carbonyl (C=O) groups excluding carboxylic acids is 2. The third kappa shape index (κ3) is 4.27. The second-order valence-electron chi connectivity index (χ2n) is 8.04. The second kappa shape index (κ2) is 8.93. The van der Waals surface area contributed by atoms with E-state index >= 15 is 0 Å². The Labute approximate surface area is 200 Å². The van der Waals surface area contributed by atoms with E-state index in [4.69, 9.17) is 4.74 Å². The van der Waals surface area contributed by atoms with Crippen LogP contribution in [0.25, 0.3) is 22.2 Å². The summed E-state index contributed by atoms with van der Waals surface area (Å²) in [5.41, 5.74) is 4.81. The molecule has 0 fully saturated rings. The van der Waals surface area contributed by atoms with Gasteiger partial charge in [-0.15, -0.1) is 5.10 Å². The van der Waals surface area contributed by atoms with E-state index in [1.165, 1.54) is 6.07 Å². The number of rotatable bonds is 6. The lowest BCUT2D eigenvalue weighted by atomic mass is 9.98. The van der Waals surface area contributed by atoms with Crippen molar-refractivity contribution in [1.82, 2.24) is 20.3 Å². The SMILES string of the molecule is O=C(NCC(C(=O)n1nnc2ccccc21)S(=O)(=O)O)OCC1c2ccccc2-c2ccccc21. The van der Waals surface area contributed by atoms with Crippen molar-refractivity contribution in [2.24, 2.45) is 0 Å². The maximum absolute atomic E-state index is 12.8. The second-order valence-corrected chi connectivity index (χ2v) is 9.64. The number of benzene rings is 3. The lowest BCUT2D eigenvalue weighted by molar-refractivity contribution is 0.0890. The quantitative estimate of drug-likeness (QED) is 0.392. The number of hydrogen-bond acceptors (Lipinski definition) is 7. The Morgan fingerprint density at radius 2 is 1.57 bits per heavy atom. The molecule has 0 saturated heterocycles. The van der Waals surface area contributed by atoms with Gasteiger partial charge in [-0.3, -0.25) is 9.35 Å². The number of para-hydroxylation sites is 1. The van der Waals surface area contributed by atoms with Crippen LogP contribution in [0.1, 0.15) is 21.8 Å². The van der Waals surface area contributed by atoms with Gasteiger partial charge in [0.05, 0.1) is 5.52 Å². The number of alkyl carbamates (subject to hydrolysis) is 1. The van der Waals surface area contributed by atoms with Crippen LogP contribution in [0.5, 0.6) is 0 Å². The average molecular weight is 493 g/mol. The van der Waals surface area contributed by atoms with Crippen molar-refractivity contribution in [3.63, 3.8) is 0 Å². The fraction of sp³-hybridized carbons (Fsp3) is 0.167. The zero-order valence-corrected chi connectivity index (χ0v) is 19.1. The zero-order chi connectivity index (χ0) is 24.6. The minimum absolute atomic E-state index is 0.0120. The highest BCUT2D eigenvalue weighted by molar-refractivity contribution is 7.87. The van der Waals surface area contributed by atoms with Crippen LogP contribution in [0.4, 0.5) is 4.79 Å². The van der Waals surface area contributed by atoms with Gasteiger partial charge in [0.2, 0.25) is 0 Å². The van der Waals surface area contributed by atoms with Crippen molar-refractivity contribution in [3.8, 4) is 11.1 Å². The van der Waals surface area contributed by atoms with Crippen LogP contribution in [-0.4, -0.2) is 58.4 Å². The van der Waals surface area contributed by atoms with Crippen LogP contribution < -0.4 is 5.32 Å². The third-order valence-electron chi connectivity index (χ3n) is 5.97. The molecule has 1 atom stereocenters. The van der Waals surface area contributed by atoms with E-state index in [9.17, 15) is 22.6 Å². The lowest BCUT2D eigenvalue weighted by Crippen LogP contribution is -2.44. The molecule has 1 aliphatic rings. The Morgan fingerprint density at radius 3 is 2.23 bits per heavy atom. The number of aromatic nitrogens is 3. The summed E-state index contributed by atoms with van der Waals surface area (Å²) in [5.74, 6) is -1.24. The van der Waals surface area contributed by atoms with Gasteiger partial charge in [0.1, 0.15) is 12.1 Å². The Bertz CT molecular complexity index is 1500. The van der Waals surface area contributed by atoms with Crippen molar-refractivity contribution >= 4 is 33.2 Å². The minimum Gasteiger partial charge on any atom is -0.449 e. The molecule has 3 aromatic carbocycles. The summed E-state index contributed by atoms with van der Waals surface area (Å²) in [6.07, 6.45) is -0.920. The molecule has 1 aromatic heterocycles. The molecule has 11 heteroatoms. The standard InChI is InChI=1S/C24H20N4O6S/c29-23(28-21-12-6-5-11-20(21)26-27-28)22(35(31,32)33)13-25-24(30)34-14-19-17-9-3-1-7-15(17)16-8-2-4-10-18(16)19/h1-12,19,22H,13-14H2,(H,25,30)(H,31,32,33). The molecule has 1 aliphatic carbocycles. The van der Waals surface area contributed by atoms with Crippen molar-refractivity contribution in [2.45, 2.75) is 11.2 Å². The largest absolute Gasteiger partial charge is 0.449 e. The molecule has 10 nitrogen and oxygen atoms in total. The van der Waals surface area contributed by atoms with Crippen LogP contribution in [0.3, 0.4) is 0 Å². The molecular formula is C24H20N4O6S. The topological polar surface area (TPSA) is 140 Å². The summed E-state index contributed by atoms with van der Waals surface area (Å²) in [5, 5.41) is 7.78. The number of fused-ring (bicyclic) bond motifs is 4. The summed E-state index contributed by atoms with van der Waals surface area (Å²) in [7, 11) is -4.87. The fourth-order valence-electron chi connectivity index (χ4n) is 4.31. The fourth-order valence-corrected chi connectivity index (χ4v) is 4.96. The van der Waals surface area contributed by atoms with E-state index < -0.39 is 33.9 Å². The lowest BCUT2D eigenvalue weighted by Gasteiger charge is -2.16. The summed E-state index contributed by atoms with van der Waals surface area (Å²) in [4.78, 5) is 25.3. The van der Waals surface area contributed by atoms with Gasteiger partial charge in [-0.05, 0) is 34.4 Å². The highest BCUT2D eigenvalue weighted by Crippen LogP contribution is 2.44. The highest BCUT2D eigenvalue weighted by Gasteiger charge is 2.35. The number of nitrogens with one attached hydrogen (secondary N) is 1. The first-order valence-corrected chi connectivity index (χ1v) is 12.2. The van der Waals surface area contributed by atoms with Crippen molar-refractivity contribution < 1.29 is 27.3 Å². The average Bonchev–Trinajstić information content (AvgIpc) is 3.41. The third-order valence-corrected chi connectivity index (χ3v) is 7.06. The van der Waals surface area contributed by atoms with Crippen molar-refractivity contribution in [3.05, 3.63) is 83.9 Å². The summed E-state index contributed by atoms with van der Waals surface area (Å²) in [6.45, 7) is -0.694. The summed E-state index contributed by atoms with van der Waals surface area (Å²) in [6, 6.07) is 22.1. The van der Waals surface area contributed by atoms with Crippen LogP contribution in [0.15, 0.2) is 72.8 Å². The molecule has 4 aromatic rings. The zero-order valence-electron chi connectivity index (χ0n) is 18.2. The summed E-state index contributed by atoms with van der Waals surface area (Å²) >= 11 is 0. The van der Waals surface area contributed by atoms with E-state index in [2.05, 4.69) is 15.6 Å². The number of nitrogens with zero attached hydrogens (tertiary/aromatic N) is 3. The van der Waals surface area contributed by atoms with Crippen LogP contribution in [0, 0.1) is 0 Å². The number of ether oxygens (including phenoxy) is 1. The molecule has 0 radical (unpaired) electrons. The normalized spacial score (nSPS) is 13.7. The first-order valence-electron chi connectivity index (χ1n) is 10.7. The Balaban J connectivity index is 1.28. The molecule has 2 N–H and O–H groups in total. The number of carbonyl (C=O) groups is 2. The summed E-state index contributed by atoms with van der Waals surface area (Å²) < 4.78 is 39.7. The van der Waals surface area contributed by atoms with E-state index in [1.807, 2.05) is 48.5 Å². The maximum atomic E-state index is 12.8. The molecule has 0 bridgehead atoms. The smallest absolute Gasteiger partial charge is 0.407 e. The minimum atomic E-state index is -4.87. The van der Waals surface area contributed by atoms with E-state index in [0.717, 1.165) is 26.9 Å². The van der Waals surface area contributed by atoms with Gasteiger partial charge >= 0.3 is 6.09 Å². The molecule has 0 aliphatic heterocycles. The van der Waals surface area contributed by atoms with Crippen molar-refractivity contribution in [2.75, 3.05) is 13.2 Å². The Morgan fingerprint density at radius 1 is 0.971 bits per heavy atom. The van der Waals surface area contributed by atoms with E-state index in [0.29, 0.717) is 5.52 Å². The molecule has 178 valence electrons. The molecule has 5 rings (SSSR count). The van der Waals surface area contributed by atoms with E-state index in [1.54, 1.807) is 18.2 Å². The molecule has 35 heavy (non-hydrogen) atoms. The van der Waals surface area contributed by atoms with Gasteiger partial charge in [-0.1, -0.05) is 65.9 Å². The van der Waals surface area contributed by atoms with Gasteiger partial charge in [0.25, 0.3) is 16.0 Å². The monoisotopic (exact) mass is 492 g/mol. The number of hydrogen-bond donors (Lipinski definition) is 2. The predicted octanol–water partition coefficient (Wildman–Crippen LogP) is 2.87. The van der Waals surface area contributed by atoms with Gasteiger partial charge in [0.15, 0.2) is 5.25 Å². The van der Waals surface area contributed by atoms with Crippen LogP contribution in [-0.2, 0) is 14.9 Å². The molecule has 1 heterocycles. The predicted molar refractivity (Wildman–Crippen MR) is 127 cm³/mol. The van der Waals surface area contributed by atoms with Crippen LogP contribution >= 0.6 is 0 Å². The first-order chi connectivity index (χ1) is 16.8. The maximum Gasteiger partial charge on any atom is 0.407 e. The van der Waals surface area contributed by atoms with E-state index in [-0.39, 0.29) is 18.0 Å². The first kappa shape index (κ1) is 22.7. The molecule has 1 unspecified atom stereocenters. The molecular weight excluding hydrogens is 472 g/mol. The van der Waals surface area contributed by atoms with Gasteiger partial charge in [0, 0.05) is 12.5 Å². The Hall–Kier alpha value is -4.09. The highest BCUT2D eigenvalue weighted by atomic mass is 32.2. The van der Waals surface area contributed by atoms with Gasteiger partial charge in [-0.25, -0.2) is 4.79 Å². The van der Waals surface area contributed by atoms with Gasteiger partial charge in [-0.2, -0.15) is 13.1 Å². The molecule has 1 amide bonds.